The van der Waals surface area contributed by atoms with Crippen molar-refractivity contribution in [1.29, 1.82) is 0 Å². The van der Waals surface area contributed by atoms with Crippen molar-refractivity contribution in [3.05, 3.63) is 76.6 Å². The lowest BCUT2D eigenvalue weighted by atomic mass is 9.86. The van der Waals surface area contributed by atoms with Gasteiger partial charge in [0.15, 0.2) is 5.78 Å². The third-order valence-corrected chi connectivity index (χ3v) is 5.75. The largest absolute Gasteiger partial charge is 0.379 e. The van der Waals surface area contributed by atoms with E-state index in [1.54, 1.807) is 53.1 Å². The summed E-state index contributed by atoms with van der Waals surface area (Å²) in [4.78, 5) is 41.9. The van der Waals surface area contributed by atoms with Gasteiger partial charge in [-0.2, -0.15) is 0 Å². The van der Waals surface area contributed by atoms with E-state index in [0.29, 0.717) is 42.9 Å². The number of hydrogen-bond acceptors (Lipinski definition) is 5. The number of rotatable bonds is 4. The lowest BCUT2D eigenvalue weighted by molar-refractivity contribution is 0.0383. The molecule has 1 aromatic carbocycles. The molecule has 2 aromatic heterocycles. The maximum Gasteiger partial charge on any atom is 0.254 e. The fourth-order valence-corrected chi connectivity index (χ4v) is 4.26. The molecule has 1 aliphatic heterocycles. The Hall–Kier alpha value is -3.00. The number of fused-ring (bicyclic) bond motifs is 4. The van der Waals surface area contributed by atoms with Crippen molar-refractivity contribution in [3.8, 4) is 0 Å². The summed E-state index contributed by atoms with van der Waals surface area (Å²) in [6, 6.07) is 12.1. The maximum atomic E-state index is 13.3. The van der Waals surface area contributed by atoms with Gasteiger partial charge in [0.1, 0.15) is 5.69 Å². The van der Waals surface area contributed by atoms with Gasteiger partial charge in [-0.25, -0.2) is 0 Å². The number of ether oxygens (including phenoxy) is 1. The summed E-state index contributed by atoms with van der Waals surface area (Å²) >= 11 is 0. The van der Waals surface area contributed by atoms with Crippen molar-refractivity contribution in [2.24, 2.45) is 0 Å². The molecule has 5 rings (SSSR count). The predicted molar refractivity (Wildman–Crippen MR) is 118 cm³/mol. The predicted octanol–water partition coefficient (Wildman–Crippen LogP) is 2.20. The molecule has 1 amide bonds. The number of morpholine rings is 1. The molecule has 0 bridgehead atoms. The third kappa shape index (κ3) is 3.54. The Morgan fingerprint density at radius 2 is 1.65 bits per heavy atom. The van der Waals surface area contributed by atoms with Crippen LogP contribution in [0.2, 0.25) is 0 Å². The van der Waals surface area contributed by atoms with Gasteiger partial charge in [0.05, 0.1) is 29.9 Å². The fraction of sp³-hybridized carbons (Fsp3) is 0.261. The summed E-state index contributed by atoms with van der Waals surface area (Å²) in [6.07, 6.45) is 1.72. The first-order valence-electron chi connectivity index (χ1n) is 10.1. The number of benzene rings is 1. The molecule has 0 atom stereocenters. The lowest BCUT2D eigenvalue weighted by Crippen LogP contribution is -2.41. The number of aromatic nitrogens is 1. The number of amides is 1. The van der Waals surface area contributed by atoms with Crippen molar-refractivity contribution < 1.29 is 19.1 Å². The topological polar surface area (TPSA) is 80.1 Å². The first-order chi connectivity index (χ1) is 14.7. The number of hydrogen-bond donors (Lipinski definition) is 1. The van der Waals surface area contributed by atoms with Crippen molar-refractivity contribution in [1.82, 2.24) is 14.6 Å². The number of pyridine rings is 1. The van der Waals surface area contributed by atoms with Gasteiger partial charge in [0.25, 0.3) is 5.91 Å². The van der Waals surface area contributed by atoms with Crippen LogP contribution < -0.4 is 5.32 Å². The van der Waals surface area contributed by atoms with Gasteiger partial charge in [-0.15, -0.1) is 12.4 Å². The molecule has 0 saturated carbocycles. The van der Waals surface area contributed by atoms with Crippen molar-refractivity contribution in [3.63, 3.8) is 0 Å². The molecule has 0 radical (unpaired) electrons. The van der Waals surface area contributed by atoms with Crippen LogP contribution in [0.25, 0.3) is 5.52 Å². The maximum absolute atomic E-state index is 13.3. The van der Waals surface area contributed by atoms with E-state index in [1.165, 1.54) is 0 Å². The molecule has 160 valence electrons. The second kappa shape index (κ2) is 8.63. The molecule has 1 saturated heterocycles. The summed E-state index contributed by atoms with van der Waals surface area (Å²) in [6.45, 7) is 4.23. The Kier molecular flexibility index (Phi) is 5.91. The van der Waals surface area contributed by atoms with E-state index in [9.17, 15) is 14.4 Å². The van der Waals surface area contributed by atoms with Gasteiger partial charge >= 0.3 is 0 Å². The number of carbonyl (C=O) groups excluding carboxylic acids is 3. The Bertz CT molecular complexity index is 1180. The average molecular weight is 440 g/mol. The first kappa shape index (κ1) is 21.2. The minimum atomic E-state index is -0.339. The van der Waals surface area contributed by atoms with E-state index < -0.39 is 0 Å². The molecule has 0 spiro atoms. The van der Waals surface area contributed by atoms with Gasteiger partial charge < -0.3 is 14.5 Å². The highest BCUT2D eigenvalue weighted by molar-refractivity contribution is 6.32. The molecular weight excluding hydrogens is 418 g/mol. The summed E-state index contributed by atoms with van der Waals surface area (Å²) in [7, 11) is 0. The van der Waals surface area contributed by atoms with Gasteiger partial charge in [0, 0.05) is 43.5 Å². The Labute approximate surface area is 185 Å². The molecule has 1 fully saturated rings. The standard InChI is InChI=1S/C23H21N3O4.ClH/c27-21-15-5-1-2-6-16(15)22(28)20-19(21)18(17-7-3-4-9-26(17)20)23(29)24-8-10-25-11-13-30-14-12-25;/h1-7,9H,8,10-14H2,(H,24,29);1H. The van der Waals surface area contributed by atoms with Crippen LogP contribution in [0.3, 0.4) is 0 Å². The van der Waals surface area contributed by atoms with Gasteiger partial charge in [-0.1, -0.05) is 30.3 Å². The molecule has 3 heterocycles. The summed E-state index contributed by atoms with van der Waals surface area (Å²) in [5.41, 5.74) is 1.98. The average Bonchev–Trinajstić information content (AvgIpc) is 3.14. The SMILES string of the molecule is Cl.O=C1c2ccccc2C(=O)c2c1c(C(=O)NCCN1CCOCC1)c1ccccn21. The quantitative estimate of drug-likeness (QED) is 0.527. The van der Waals surface area contributed by atoms with Crippen molar-refractivity contribution in [2.75, 3.05) is 39.4 Å². The number of nitrogens with zero attached hydrogens (tertiary/aromatic N) is 2. The van der Waals surface area contributed by atoms with E-state index in [4.69, 9.17) is 4.74 Å². The van der Waals surface area contributed by atoms with Gasteiger partial charge in [0.2, 0.25) is 5.78 Å². The molecule has 2 aliphatic rings. The van der Waals surface area contributed by atoms with Crippen LogP contribution in [0.5, 0.6) is 0 Å². The zero-order valence-corrected chi connectivity index (χ0v) is 17.6. The van der Waals surface area contributed by atoms with Crippen LogP contribution in [0.15, 0.2) is 48.7 Å². The van der Waals surface area contributed by atoms with E-state index in [0.717, 1.165) is 13.1 Å². The highest BCUT2D eigenvalue weighted by Gasteiger charge is 2.37. The number of nitrogens with one attached hydrogen (secondary N) is 1. The van der Waals surface area contributed by atoms with Gasteiger partial charge in [-0.3, -0.25) is 19.3 Å². The van der Waals surface area contributed by atoms with Gasteiger partial charge in [-0.05, 0) is 12.1 Å². The van der Waals surface area contributed by atoms with Crippen LogP contribution >= 0.6 is 12.4 Å². The molecular formula is C23H22ClN3O4. The van der Waals surface area contributed by atoms with E-state index in [2.05, 4.69) is 10.2 Å². The van der Waals surface area contributed by atoms with Crippen molar-refractivity contribution in [2.45, 2.75) is 0 Å². The van der Waals surface area contributed by atoms with E-state index in [-0.39, 0.29) is 46.7 Å². The zero-order valence-electron chi connectivity index (χ0n) is 16.8. The number of ketones is 2. The Morgan fingerprint density at radius 3 is 2.39 bits per heavy atom. The van der Waals surface area contributed by atoms with E-state index >= 15 is 0 Å². The molecule has 1 aliphatic carbocycles. The van der Waals surface area contributed by atoms with Crippen LogP contribution in [0.4, 0.5) is 0 Å². The smallest absolute Gasteiger partial charge is 0.254 e. The zero-order chi connectivity index (χ0) is 20.7. The normalized spacial score (nSPS) is 15.9. The molecule has 0 unspecified atom stereocenters. The number of halogens is 1. The highest BCUT2D eigenvalue weighted by atomic mass is 35.5. The highest BCUT2D eigenvalue weighted by Crippen LogP contribution is 2.33. The minimum Gasteiger partial charge on any atom is -0.379 e. The second-order valence-electron chi connectivity index (χ2n) is 7.47. The van der Waals surface area contributed by atoms with E-state index in [1.807, 2.05) is 0 Å². The summed E-state index contributed by atoms with van der Waals surface area (Å²) < 4.78 is 7.00. The Balaban J connectivity index is 0.00000231. The molecule has 7 nitrogen and oxygen atoms in total. The summed E-state index contributed by atoms with van der Waals surface area (Å²) in [5, 5.41) is 2.94. The third-order valence-electron chi connectivity index (χ3n) is 5.75. The lowest BCUT2D eigenvalue weighted by Gasteiger charge is -2.26. The monoisotopic (exact) mass is 439 g/mol. The summed E-state index contributed by atoms with van der Waals surface area (Å²) in [5.74, 6) is -0.871. The van der Waals surface area contributed by atoms with Crippen LogP contribution in [-0.2, 0) is 4.74 Å². The fourth-order valence-electron chi connectivity index (χ4n) is 4.26. The molecule has 1 N–H and O–H groups in total. The minimum absolute atomic E-state index is 0. The van der Waals surface area contributed by atoms with Crippen LogP contribution in [0, 0.1) is 0 Å². The molecule has 8 heteroatoms. The van der Waals surface area contributed by atoms with Crippen molar-refractivity contribution >= 4 is 35.4 Å². The first-order valence-corrected chi connectivity index (χ1v) is 10.1. The molecule has 3 aromatic rings. The van der Waals surface area contributed by atoms with Crippen LogP contribution in [0.1, 0.15) is 42.3 Å². The second-order valence-corrected chi connectivity index (χ2v) is 7.47. The van der Waals surface area contributed by atoms with Crippen LogP contribution in [-0.4, -0.2) is 66.2 Å². The Morgan fingerprint density at radius 1 is 0.968 bits per heavy atom. The number of carbonyl (C=O) groups is 3. The molecule has 31 heavy (non-hydrogen) atoms.